The predicted octanol–water partition coefficient (Wildman–Crippen LogP) is 15.3. The lowest BCUT2D eigenvalue weighted by Gasteiger charge is -2.27. The molecule has 6 atom stereocenters. The van der Waals surface area contributed by atoms with Gasteiger partial charge in [-0.25, -0.2) is 29.9 Å². The topological polar surface area (TPSA) is 229 Å². The monoisotopic (exact) mass is 1410 g/mol. The Morgan fingerprint density at radius 3 is 0.951 bits per heavy atom. The maximum atomic E-state index is 4.42. The van der Waals surface area contributed by atoms with Crippen LogP contribution in [-0.4, -0.2) is 189 Å². The summed E-state index contributed by atoms with van der Waals surface area (Å²) >= 11 is 0. The van der Waals surface area contributed by atoms with Crippen LogP contribution in [0.15, 0.2) is 123 Å². The van der Waals surface area contributed by atoms with Gasteiger partial charge < -0.3 is 14.7 Å². The first-order chi connectivity index (χ1) is 48.7. The van der Waals surface area contributed by atoms with Crippen molar-refractivity contribution in [3.8, 4) is 0 Å². The molecular formula is C75H129N27. The molecule has 0 aliphatic carbocycles. The Morgan fingerprint density at radius 2 is 0.578 bits per heavy atom. The summed E-state index contributed by atoms with van der Waals surface area (Å²) < 4.78 is 0. The van der Waals surface area contributed by atoms with Crippen LogP contribution in [0.5, 0.6) is 0 Å². The van der Waals surface area contributed by atoms with E-state index < -0.39 is 0 Å². The van der Waals surface area contributed by atoms with Crippen molar-refractivity contribution in [3.63, 3.8) is 0 Å². The van der Waals surface area contributed by atoms with Crippen LogP contribution in [0, 0.1) is 41.5 Å². The van der Waals surface area contributed by atoms with E-state index >= 15 is 0 Å². The number of hydrogen-bond acceptors (Lipinski definition) is 27. The van der Waals surface area contributed by atoms with Crippen LogP contribution in [0.1, 0.15) is 200 Å². The van der Waals surface area contributed by atoms with E-state index in [9.17, 15) is 0 Å². The van der Waals surface area contributed by atoms with Gasteiger partial charge in [-0.1, -0.05) is 89.2 Å². The second kappa shape index (κ2) is 45.2. The number of amidine groups is 6. The molecule has 27 nitrogen and oxygen atoms in total. The Morgan fingerprint density at radius 1 is 0.255 bits per heavy atom. The van der Waals surface area contributed by atoms with Gasteiger partial charge in [0.15, 0.2) is 5.82 Å². The standard InChI is InChI=1S/3C11H16N4.3C10H15N5.6C2H6/c1-8-7-12-6-5-11(8)15-9(2)13-14(4)10(15)3;1-8-5-6-12-7-11(8)15-9(2)13-14(4)10(15)3;1-8-6-5-7-12-11(8)15-9(2)13-14(4)10(15)3;1-7-10(5-11-6-12-7)15-8(2)13-14(4)9(15)3;1-7-5-11-6-12-10(7)15-8(2)13-14(4)9(15)3;1-7-10(12-6-5-11-7)15-8(2)13-14(4)9(15)3;6*1-2/h3*5-7,10H,1-4H3;3*5-6,9H,1-4H3;6*1-2H3. The summed E-state index contributed by atoms with van der Waals surface area (Å²) in [6, 6.07) is 8.08. The molecule has 0 amide bonds. The Balaban J connectivity index is 0.000000593. The first-order valence-corrected chi connectivity index (χ1v) is 36.1. The summed E-state index contributed by atoms with van der Waals surface area (Å²) in [6.07, 6.45) is 20.8. The molecule has 0 saturated carbocycles. The van der Waals surface area contributed by atoms with Gasteiger partial charge in [0.2, 0.25) is 0 Å². The number of hydrazone groups is 6. The molecule has 12 rings (SSSR count). The van der Waals surface area contributed by atoms with Crippen LogP contribution in [0.2, 0.25) is 0 Å². The van der Waals surface area contributed by atoms with Gasteiger partial charge in [0.25, 0.3) is 0 Å². The van der Waals surface area contributed by atoms with E-state index in [1.165, 1.54) is 22.4 Å². The first-order valence-electron chi connectivity index (χ1n) is 36.1. The van der Waals surface area contributed by atoms with E-state index in [2.05, 4.69) is 173 Å². The van der Waals surface area contributed by atoms with Crippen molar-refractivity contribution in [3.05, 3.63) is 126 Å². The molecule has 6 aromatic rings. The van der Waals surface area contributed by atoms with Gasteiger partial charge in [0, 0.05) is 91.2 Å². The third kappa shape index (κ3) is 23.2. The second-order valence-electron chi connectivity index (χ2n) is 22.8. The highest BCUT2D eigenvalue weighted by atomic mass is 15.6. The maximum Gasteiger partial charge on any atom is 0.157 e. The van der Waals surface area contributed by atoms with Gasteiger partial charge in [0.05, 0.1) is 40.8 Å². The summed E-state index contributed by atoms with van der Waals surface area (Å²) in [6.45, 7) is 60.9. The lowest BCUT2D eigenvalue weighted by molar-refractivity contribution is 0.303. The van der Waals surface area contributed by atoms with Crippen LogP contribution in [0.3, 0.4) is 0 Å². The fourth-order valence-corrected chi connectivity index (χ4v) is 11.0. The van der Waals surface area contributed by atoms with E-state index in [1.54, 1.807) is 25.0 Å². The smallest absolute Gasteiger partial charge is 0.157 e. The van der Waals surface area contributed by atoms with Crippen molar-refractivity contribution in [2.45, 2.75) is 245 Å². The highest BCUT2D eigenvalue weighted by molar-refractivity contribution is 6.01. The molecule has 27 heteroatoms. The zero-order valence-electron chi connectivity index (χ0n) is 69.2. The van der Waals surface area contributed by atoms with E-state index in [0.29, 0.717) is 0 Å². The quantitative estimate of drug-likeness (QED) is 0.151. The zero-order valence-corrected chi connectivity index (χ0v) is 69.2. The number of rotatable bonds is 6. The molecule has 0 saturated heterocycles. The average molecular weight is 1410 g/mol. The van der Waals surface area contributed by atoms with Gasteiger partial charge >= 0.3 is 0 Å². The predicted molar refractivity (Wildman–Crippen MR) is 432 cm³/mol. The van der Waals surface area contributed by atoms with Crippen molar-refractivity contribution < 1.29 is 0 Å². The van der Waals surface area contributed by atoms with Crippen molar-refractivity contribution >= 4 is 69.5 Å². The Bertz CT molecular complexity index is 3010. The first kappa shape index (κ1) is 90.3. The van der Waals surface area contributed by atoms with E-state index in [-0.39, 0.29) is 37.0 Å². The van der Waals surface area contributed by atoms with Gasteiger partial charge in [-0.2, -0.15) is 30.6 Å². The summed E-state index contributed by atoms with van der Waals surface area (Å²) in [4.78, 5) is 50.7. The molecule has 0 bridgehead atoms. The Kier molecular flexibility index (Phi) is 40.1. The summed E-state index contributed by atoms with van der Waals surface area (Å²) in [5.41, 5.74) is 9.88. The molecule has 564 valence electrons. The van der Waals surface area contributed by atoms with E-state index in [4.69, 9.17) is 0 Å². The van der Waals surface area contributed by atoms with Crippen LogP contribution >= 0.6 is 0 Å². The minimum atomic E-state index is 0.195. The average Bonchev–Trinajstić information content (AvgIpc) is 1.69. The van der Waals surface area contributed by atoms with Gasteiger partial charge in [-0.05, 0) is 160 Å². The third-order valence-electron chi connectivity index (χ3n) is 16.4. The number of hydrogen-bond donors (Lipinski definition) is 0. The largest absolute Gasteiger partial charge is 0.306 e. The number of aromatic nitrogens is 9. The van der Waals surface area contributed by atoms with Crippen molar-refractivity contribution in [2.75, 3.05) is 71.7 Å². The summed E-state index contributed by atoms with van der Waals surface area (Å²) in [5.74, 6) is 8.74. The van der Waals surface area contributed by atoms with Crippen molar-refractivity contribution in [2.24, 2.45) is 30.6 Å². The number of nitrogens with zero attached hydrogens (tertiary/aromatic N) is 27. The van der Waals surface area contributed by atoms with Crippen molar-refractivity contribution in [1.29, 1.82) is 0 Å². The Hall–Kier alpha value is -9.69. The maximum absolute atomic E-state index is 4.42. The fourth-order valence-electron chi connectivity index (χ4n) is 11.0. The molecule has 6 aliphatic rings. The molecule has 0 radical (unpaired) electrons. The van der Waals surface area contributed by atoms with Crippen LogP contribution < -0.4 is 29.4 Å². The fraction of sp³-hybridized carbons (Fsp3) is 0.560. The lowest BCUT2D eigenvalue weighted by atomic mass is 10.2. The molecule has 12 heterocycles. The van der Waals surface area contributed by atoms with E-state index in [0.717, 1.165) is 80.8 Å². The van der Waals surface area contributed by atoms with Crippen LogP contribution in [-0.2, 0) is 0 Å². The SMILES string of the molecule is CC.CC.CC.CC.CC.CC.CC1=NN(C)C(C)N1c1ccncc1C.CC1=NN(C)C(C)N1c1cnccc1C.CC1=NN(C)C(C)N1c1cncnc1C.CC1=NN(C)C(C)N1c1ncccc1C.CC1=NN(C)C(C)N1c1nccnc1C.CC1=NN(C)C(C)N1c1ncncc1C. The molecule has 102 heavy (non-hydrogen) atoms. The molecule has 0 aromatic carbocycles. The second-order valence-corrected chi connectivity index (χ2v) is 22.8. The molecule has 6 aromatic heterocycles. The highest BCUT2D eigenvalue weighted by Crippen LogP contribution is 2.30. The molecule has 6 unspecified atom stereocenters. The lowest BCUT2D eigenvalue weighted by Crippen LogP contribution is -2.38. The number of anilines is 6. The van der Waals surface area contributed by atoms with Gasteiger partial charge in [0.1, 0.15) is 96.3 Å². The summed E-state index contributed by atoms with van der Waals surface area (Å²) in [7, 11) is 11.8. The van der Waals surface area contributed by atoms with Crippen LogP contribution in [0.25, 0.3) is 0 Å². The minimum Gasteiger partial charge on any atom is -0.306 e. The molecule has 6 aliphatic heterocycles. The summed E-state index contributed by atoms with van der Waals surface area (Å²) in [5, 5.41) is 38.1. The van der Waals surface area contributed by atoms with E-state index in [1.807, 2.05) is 279 Å². The highest BCUT2D eigenvalue weighted by Gasteiger charge is 2.33. The van der Waals surface area contributed by atoms with Gasteiger partial charge in [-0.3, -0.25) is 59.7 Å². The Labute approximate surface area is 615 Å². The molecule has 0 fully saturated rings. The van der Waals surface area contributed by atoms with Gasteiger partial charge in [-0.15, -0.1) is 0 Å². The number of aryl methyl sites for hydroxylation is 6. The normalized spacial score (nSPS) is 18.7. The third-order valence-corrected chi connectivity index (χ3v) is 16.4. The molecule has 0 spiro atoms. The van der Waals surface area contributed by atoms with Crippen LogP contribution in [0.4, 0.5) is 34.5 Å². The molecule has 0 N–H and O–H groups in total. The van der Waals surface area contributed by atoms with Crippen molar-refractivity contribution in [1.82, 2.24) is 74.9 Å². The minimum absolute atomic E-state index is 0.195. The number of pyridine rings is 3. The molecular weight excluding hydrogens is 1280 g/mol. The zero-order chi connectivity index (χ0) is 78.0.